The number of carbonyl (C=O) groups is 4. The molecule has 8 heteroatoms. The first-order chi connectivity index (χ1) is 14.1. The van der Waals surface area contributed by atoms with Gasteiger partial charge in [0.15, 0.2) is 0 Å². The lowest BCUT2D eigenvalue weighted by Crippen LogP contribution is -2.38. The van der Waals surface area contributed by atoms with Crippen LogP contribution in [0.5, 0.6) is 0 Å². The first kappa shape index (κ1) is 30.4. The van der Waals surface area contributed by atoms with Gasteiger partial charge in [0.25, 0.3) is 0 Å². The van der Waals surface area contributed by atoms with Crippen LogP contribution in [0.15, 0.2) is 0 Å². The second-order valence-electron chi connectivity index (χ2n) is 7.55. The average Bonchev–Trinajstić information content (AvgIpc) is 2.66. The Balaban J connectivity index is 0. The van der Waals surface area contributed by atoms with E-state index in [0.717, 1.165) is 44.9 Å². The molecule has 2 atom stereocenters. The van der Waals surface area contributed by atoms with Gasteiger partial charge in [0, 0.05) is 12.8 Å². The molecule has 8 nitrogen and oxygen atoms in total. The summed E-state index contributed by atoms with van der Waals surface area (Å²) in [5, 5.41) is 11.7. The number of hydrogen-bond donors (Lipinski definition) is 3. The number of rotatable bonds is 17. The Hall–Kier alpha value is -1.80. The molecule has 0 aliphatic rings. The maximum Gasteiger partial charge on any atom is 0.323 e. The van der Waals surface area contributed by atoms with Crippen LogP contribution in [0, 0.1) is 0 Å². The van der Waals surface area contributed by atoms with Crippen molar-refractivity contribution < 1.29 is 29.0 Å². The number of nitrogens with two attached hydrogens (primary N) is 1. The number of ketones is 2. The van der Waals surface area contributed by atoms with Gasteiger partial charge in [0.2, 0.25) is 0 Å². The highest BCUT2D eigenvalue weighted by atomic mass is 16.5. The summed E-state index contributed by atoms with van der Waals surface area (Å²) in [6.45, 7) is 8.15. The number of aliphatic carboxylic acids is 1. The zero-order chi connectivity index (χ0) is 23.4. The molecule has 0 aromatic rings. The largest absolute Gasteiger partial charge is 0.480 e. The Bertz CT molecular complexity index is 496. The Morgan fingerprint density at radius 3 is 1.87 bits per heavy atom. The molecule has 0 saturated carbocycles. The summed E-state index contributed by atoms with van der Waals surface area (Å²) in [7, 11) is 0. The maximum absolute atomic E-state index is 11.2. The van der Waals surface area contributed by atoms with Crippen molar-refractivity contribution in [3.63, 3.8) is 0 Å². The van der Waals surface area contributed by atoms with Gasteiger partial charge in [-0.25, -0.2) is 0 Å². The van der Waals surface area contributed by atoms with Crippen LogP contribution in [0.3, 0.4) is 0 Å². The molecule has 0 aromatic carbocycles. The maximum atomic E-state index is 11.2. The van der Waals surface area contributed by atoms with Crippen LogP contribution < -0.4 is 11.1 Å². The molecule has 0 aromatic heterocycles. The van der Waals surface area contributed by atoms with E-state index in [1.165, 1.54) is 20.3 Å². The van der Waals surface area contributed by atoms with E-state index in [4.69, 9.17) is 15.6 Å². The van der Waals surface area contributed by atoms with E-state index in [-0.39, 0.29) is 24.4 Å². The summed E-state index contributed by atoms with van der Waals surface area (Å²) in [5.74, 6) is -1.60. The Morgan fingerprint density at radius 2 is 1.40 bits per heavy atom. The number of carboxylic acid groups (broad SMARTS) is 1. The summed E-state index contributed by atoms with van der Waals surface area (Å²) in [5.41, 5.74) is 5.46. The standard InChI is InChI=1S/2C11H21NO3/c1-3-4-5-6-7-15-11(14)10(12)8-9(2)13;1-3-4-5-6-7-12-10(11(14)15)8-9(2)13/h10H,3-8,12H2,1-2H3;10,12H,3-8H2,1-2H3,(H,14,15). The Morgan fingerprint density at radius 1 is 0.867 bits per heavy atom. The number of nitrogens with one attached hydrogen (secondary N) is 1. The average molecular weight is 431 g/mol. The van der Waals surface area contributed by atoms with E-state index >= 15 is 0 Å². The smallest absolute Gasteiger partial charge is 0.323 e. The van der Waals surface area contributed by atoms with E-state index < -0.39 is 24.0 Å². The number of carbonyl (C=O) groups excluding carboxylic acids is 3. The fraction of sp³-hybridized carbons (Fsp3) is 0.818. The fourth-order valence-electron chi connectivity index (χ4n) is 2.56. The number of hydrogen-bond acceptors (Lipinski definition) is 7. The van der Waals surface area contributed by atoms with Crippen LogP contribution in [0.25, 0.3) is 0 Å². The number of Topliss-reactive ketones (excluding diaryl/α,β-unsaturated/α-hetero) is 2. The minimum absolute atomic E-state index is 0.0633. The van der Waals surface area contributed by atoms with Crippen LogP contribution in [0.2, 0.25) is 0 Å². The number of esters is 1. The van der Waals surface area contributed by atoms with E-state index in [2.05, 4.69) is 19.2 Å². The molecule has 0 rings (SSSR count). The minimum atomic E-state index is -0.944. The van der Waals surface area contributed by atoms with Crippen molar-refractivity contribution in [1.29, 1.82) is 0 Å². The molecule has 0 bridgehead atoms. The lowest BCUT2D eigenvalue weighted by molar-refractivity contribution is -0.146. The van der Waals surface area contributed by atoms with Crippen molar-refractivity contribution in [1.82, 2.24) is 5.32 Å². The molecule has 0 aliphatic carbocycles. The number of carboxylic acids is 1. The van der Waals surface area contributed by atoms with Crippen molar-refractivity contribution in [2.45, 2.75) is 104 Å². The van der Waals surface area contributed by atoms with Gasteiger partial charge < -0.3 is 20.9 Å². The number of unbranched alkanes of at least 4 members (excludes halogenated alkanes) is 6. The molecule has 0 aliphatic heterocycles. The summed E-state index contributed by atoms with van der Waals surface area (Å²) < 4.78 is 4.94. The first-order valence-electron chi connectivity index (χ1n) is 11.0. The van der Waals surface area contributed by atoms with Gasteiger partial charge in [-0.2, -0.15) is 0 Å². The van der Waals surface area contributed by atoms with Gasteiger partial charge in [-0.1, -0.05) is 52.4 Å². The molecule has 4 N–H and O–H groups in total. The third-order valence-electron chi connectivity index (χ3n) is 4.26. The SMILES string of the molecule is CCCCCCNC(CC(C)=O)C(=O)O.CCCCCCOC(=O)C(N)CC(C)=O. The van der Waals surface area contributed by atoms with E-state index in [0.29, 0.717) is 13.2 Å². The highest BCUT2D eigenvalue weighted by molar-refractivity contribution is 5.85. The summed E-state index contributed by atoms with van der Waals surface area (Å²) in [6.07, 6.45) is 8.78. The molecular formula is C22H42N2O6. The molecule has 30 heavy (non-hydrogen) atoms. The van der Waals surface area contributed by atoms with Crippen LogP contribution >= 0.6 is 0 Å². The van der Waals surface area contributed by atoms with Crippen molar-refractivity contribution in [3.8, 4) is 0 Å². The fourth-order valence-corrected chi connectivity index (χ4v) is 2.56. The normalized spacial score (nSPS) is 12.3. The Kier molecular flexibility index (Phi) is 20.7. The van der Waals surface area contributed by atoms with Gasteiger partial charge in [0.1, 0.15) is 23.7 Å². The highest BCUT2D eigenvalue weighted by Gasteiger charge is 2.18. The van der Waals surface area contributed by atoms with Crippen molar-refractivity contribution in [2.24, 2.45) is 5.73 Å². The number of ether oxygens (including phenoxy) is 1. The molecule has 0 saturated heterocycles. The van der Waals surface area contributed by atoms with E-state index in [1.807, 2.05) is 0 Å². The zero-order valence-corrected chi connectivity index (χ0v) is 19.2. The summed E-state index contributed by atoms with van der Waals surface area (Å²) in [4.78, 5) is 43.4. The molecule has 0 amide bonds. The predicted molar refractivity (Wildman–Crippen MR) is 117 cm³/mol. The highest BCUT2D eigenvalue weighted by Crippen LogP contribution is 2.01. The van der Waals surface area contributed by atoms with Gasteiger partial charge >= 0.3 is 11.9 Å². The third-order valence-corrected chi connectivity index (χ3v) is 4.26. The van der Waals surface area contributed by atoms with Crippen LogP contribution in [0.4, 0.5) is 0 Å². The lowest BCUT2D eigenvalue weighted by atomic mass is 10.1. The van der Waals surface area contributed by atoms with Gasteiger partial charge in [-0.05, 0) is 33.2 Å². The third kappa shape index (κ3) is 20.9. The Labute approximate surface area is 181 Å². The van der Waals surface area contributed by atoms with Crippen molar-refractivity contribution >= 4 is 23.5 Å². The van der Waals surface area contributed by atoms with Gasteiger partial charge in [-0.15, -0.1) is 0 Å². The minimum Gasteiger partial charge on any atom is -0.480 e. The molecule has 0 radical (unpaired) electrons. The zero-order valence-electron chi connectivity index (χ0n) is 19.2. The first-order valence-corrected chi connectivity index (χ1v) is 11.0. The predicted octanol–water partition coefficient (Wildman–Crippen LogP) is 3.00. The van der Waals surface area contributed by atoms with E-state index in [1.54, 1.807) is 0 Å². The van der Waals surface area contributed by atoms with Crippen LogP contribution in [-0.4, -0.2) is 53.8 Å². The summed E-state index contributed by atoms with van der Waals surface area (Å²) >= 11 is 0. The monoisotopic (exact) mass is 430 g/mol. The van der Waals surface area contributed by atoms with Gasteiger partial charge in [0.05, 0.1) is 6.61 Å². The van der Waals surface area contributed by atoms with E-state index in [9.17, 15) is 19.2 Å². The summed E-state index contributed by atoms with van der Waals surface area (Å²) in [6, 6.07) is -1.52. The lowest BCUT2D eigenvalue weighted by Gasteiger charge is -2.12. The van der Waals surface area contributed by atoms with Crippen molar-refractivity contribution in [3.05, 3.63) is 0 Å². The molecule has 0 fully saturated rings. The molecule has 176 valence electrons. The molecular weight excluding hydrogens is 388 g/mol. The second kappa shape index (κ2) is 20.5. The van der Waals surface area contributed by atoms with Crippen LogP contribution in [0.1, 0.15) is 91.9 Å². The quantitative estimate of drug-likeness (QED) is 0.237. The molecule has 2 unspecified atom stereocenters. The van der Waals surface area contributed by atoms with Crippen LogP contribution in [-0.2, 0) is 23.9 Å². The van der Waals surface area contributed by atoms with Crippen molar-refractivity contribution in [2.75, 3.05) is 13.2 Å². The topological polar surface area (TPSA) is 136 Å². The molecule has 0 heterocycles. The molecule has 0 spiro atoms. The van der Waals surface area contributed by atoms with Gasteiger partial charge in [-0.3, -0.25) is 19.2 Å². The second-order valence-corrected chi connectivity index (χ2v) is 7.55.